The number of ether oxygens (including phenoxy) is 2. The van der Waals surface area contributed by atoms with Crippen molar-refractivity contribution in [3.05, 3.63) is 57.6 Å². The van der Waals surface area contributed by atoms with Crippen LogP contribution in [0.3, 0.4) is 0 Å². The Labute approximate surface area is 167 Å². The first kappa shape index (κ1) is 20.8. The van der Waals surface area contributed by atoms with Crippen molar-refractivity contribution in [2.24, 2.45) is 0 Å². The second-order valence-corrected chi connectivity index (χ2v) is 7.17. The lowest BCUT2D eigenvalue weighted by Crippen LogP contribution is -2.43. The highest BCUT2D eigenvalue weighted by atomic mass is 79.9. The highest BCUT2D eigenvalue weighted by molar-refractivity contribution is 9.10. The number of halogens is 1. The summed E-state index contributed by atoms with van der Waals surface area (Å²) >= 11 is 3.51. The molecule has 0 radical (unpaired) electrons. The molecule has 2 rings (SSSR count). The van der Waals surface area contributed by atoms with Crippen molar-refractivity contribution in [1.29, 1.82) is 0 Å². The predicted molar refractivity (Wildman–Crippen MR) is 107 cm³/mol. The van der Waals surface area contributed by atoms with Gasteiger partial charge in [0.05, 0.1) is 7.11 Å². The molecule has 0 aliphatic rings. The van der Waals surface area contributed by atoms with Gasteiger partial charge in [0.15, 0.2) is 6.61 Å². The minimum absolute atomic E-state index is 0.205. The van der Waals surface area contributed by atoms with Crippen LogP contribution in [0.1, 0.15) is 41.3 Å². The zero-order valence-electron chi connectivity index (χ0n) is 15.8. The molecule has 0 saturated carbocycles. The molecular weight excluding hydrogens is 412 g/mol. The van der Waals surface area contributed by atoms with Crippen molar-refractivity contribution < 1.29 is 19.1 Å². The van der Waals surface area contributed by atoms with E-state index in [2.05, 4.69) is 40.6 Å². The smallest absolute Gasteiger partial charge is 0.276 e. The van der Waals surface area contributed by atoms with E-state index in [0.29, 0.717) is 17.1 Å². The van der Waals surface area contributed by atoms with Crippen LogP contribution < -0.4 is 20.3 Å². The summed E-state index contributed by atoms with van der Waals surface area (Å²) in [4.78, 5) is 24.0. The lowest BCUT2D eigenvalue weighted by atomic mass is 10.0. The first-order valence-electron chi connectivity index (χ1n) is 8.48. The lowest BCUT2D eigenvalue weighted by Gasteiger charge is -2.16. The van der Waals surface area contributed by atoms with Crippen LogP contribution in [0.25, 0.3) is 0 Å². The van der Waals surface area contributed by atoms with Crippen molar-refractivity contribution in [2.45, 2.75) is 26.7 Å². The number of carbonyl (C=O) groups excluding carboxylic acids is 2. The van der Waals surface area contributed by atoms with Crippen molar-refractivity contribution >= 4 is 27.7 Å². The molecule has 7 heteroatoms. The molecule has 0 fully saturated rings. The number of benzene rings is 2. The Morgan fingerprint density at radius 3 is 2.37 bits per heavy atom. The predicted octanol–water partition coefficient (Wildman–Crippen LogP) is 3.73. The quantitative estimate of drug-likeness (QED) is 0.678. The van der Waals surface area contributed by atoms with E-state index in [1.165, 1.54) is 0 Å². The van der Waals surface area contributed by atoms with Crippen LogP contribution in [0.5, 0.6) is 11.5 Å². The molecule has 0 unspecified atom stereocenters. The Kier molecular flexibility index (Phi) is 7.24. The summed E-state index contributed by atoms with van der Waals surface area (Å²) in [5.74, 6) is 0.673. The van der Waals surface area contributed by atoms with E-state index in [1.807, 2.05) is 19.1 Å². The molecule has 0 aromatic heterocycles. The van der Waals surface area contributed by atoms with E-state index in [4.69, 9.17) is 9.47 Å². The molecule has 0 bridgehead atoms. The summed E-state index contributed by atoms with van der Waals surface area (Å²) in [6, 6.07) is 10.4. The third-order valence-electron chi connectivity index (χ3n) is 3.94. The summed E-state index contributed by atoms with van der Waals surface area (Å²) in [5.41, 5.74) is 7.14. The van der Waals surface area contributed by atoms with Gasteiger partial charge in [0, 0.05) is 10.0 Å². The fourth-order valence-electron chi connectivity index (χ4n) is 2.37. The Morgan fingerprint density at radius 1 is 1.11 bits per heavy atom. The third kappa shape index (κ3) is 5.72. The number of methoxy groups -OCH3 is 1. The van der Waals surface area contributed by atoms with Crippen molar-refractivity contribution in [3.63, 3.8) is 0 Å². The second-order valence-electron chi connectivity index (χ2n) is 6.31. The highest BCUT2D eigenvalue weighted by Crippen LogP contribution is 2.32. The maximum atomic E-state index is 12.0. The summed E-state index contributed by atoms with van der Waals surface area (Å²) in [7, 11) is 1.55. The SMILES string of the molecule is COc1ccc(C(=O)NNC(=O)COc2cc(C)c(Br)cc2C(C)C)cc1. The number of hydrazine groups is 1. The molecular formula is C20H23BrN2O4. The number of aryl methyl sites for hydroxylation is 1. The van der Waals surface area contributed by atoms with Gasteiger partial charge in [0.1, 0.15) is 11.5 Å². The van der Waals surface area contributed by atoms with Gasteiger partial charge in [-0.2, -0.15) is 0 Å². The largest absolute Gasteiger partial charge is 0.497 e. The van der Waals surface area contributed by atoms with E-state index >= 15 is 0 Å². The van der Waals surface area contributed by atoms with Gasteiger partial charge in [0.2, 0.25) is 0 Å². The van der Waals surface area contributed by atoms with Crippen molar-refractivity contribution in [3.8, 4) is 11.5 Å². The summed E-state index contributed by atoms with van der Waals surface area (Å²) in [6.07, 6.45) is 0. The van der Waals surface area contributed by atoms with Crippen LogP contribution in [-0.4, -0.2) is 25.5 Å². The van der Waals surface area contributed by atoms with E-state index < -0.39 is 11.8 Å². The Balaban J connectivity index is 1.91. The molecule has 0 heterocycles. The number of carbonyl (C=O) groups is 2. The van der Waals surface area contributed by atoms with Crippen molar-refractivity contribution in [1.82, 2.24) is 10.9 Å². The van der Waals surface area contributed by atoms with E-state index in [9.17, 15) is 9.59 Å². The normalized spacial score (nSPS) is 10.4. The van der Waals surface area contributed by atoms with Gasteiger partial charge >= 0.3 is 0 Å². The molecule has 0 saturated heterocycles. The molecule has 0 atom stereocenters. The number of hydrogen-bond acceptors (Lipinski definition) is 4. The van der Waals surface area contributed by atoms with Gasteiger partial charge in [-0.15, -0.1) is 0 Å². The van der Waals surface area contributed by atoms with Crippen LogP contribution in [0, 0.1) is 6.92 Å². The summed E-state index contributed by atoms with van der Waals surface area (Å²) in [5, 5.41) is 0. The molecule has 0 aliphatic carbocycles. The first-order valence-corrected chi connectivity index (χ1v) is 9.27. The molecule has 0 spiro atoms. The molecule has 2 aromatic rings. The van der Waals surface area contributed by atoms with Crippen molar-refractivity contribution in [2.75, 3.05) is 13.7 Å². The first-order chi connectivity index (χ1) is 12.8. The monoisotopic (exact) mass is 434 g/mol. The lowest BCUT2D eigenvalue weighted by molar-refractivity contribution is -0.123. The van der Waals surface area contributed by atoms with Gasteiger partial charge in [-0.1, -0.05) is 29.8 Å². The zero-order valence-corrected chi connectivity index (χ0v) is 17.3. The molecule has 0 aliphatic heterocycles. The minimum Gasteiger partial charge on any atom is -0.497 e. The maximum Gasteiger partial charge on any atom is 0.276 e. The molecule has 27 heavy (non-hydrogen) atoms. The minimum atomic E-state index is -0.452. The van der Waals surface area contributed by atoms with Gasteiger partial charge < -0.3 is 9.47 Å². The van der Waals surface area contributed by atoms with Crippen LogP contribution in [0.15, 0.2) is 40.9 Å². The standard InChI is InChI=1S/C20H23BrN2O4/c1-12(2)16-10-17(21)13(3)9-18(16)27-11-19(24)22-23-20(25)14-5-7-15(26-4)8-6-14/h5-10,12H,11H2,1-4H3,(H,22,24)(H,23,25). The topological polar surface area (TPSA) is 76.7 Å². The number of rotatable bonds is 6. The maximum absolute atomic E-state index is 12.0. The Hall–Kier alpha value is -2.54. The van der Waals surface area contributed by atoms with Gasteiger partial charge in [-0.3, -0.25) is 20.4 Å². The highest BCUT2D eigenvalue weighted by Gasteiger charge is 2.13. The van der Waals surface area contributed by atoms with Gasteiger partial charge in [-0.25, -0.2) is 0 Å². The van der Waals surface area contributed by atoms with E-state index in [-0.39, 0.29) is 12.5 Å². The molecule has 2 N–H and O–H groups in total. The van der Waals surface area contributed by atoms with E-state index in [0.717, 1.165) is 15.6 Å². The fraction of sp³-hybridized carbons (Fsp3) is 0.300. The van der Waals surface area contributed by atoms with Crippen LogP contribution in [-0.2, 0) is 4.79 Å². The average Bonchev–Trinajstić information content (AvgIpc) is 2.66. The molecule has 2 amide bonds. The number of amides is 2. The average molecular weight is 435 g/mol. The van der Waals surface area contributed by atoms with Gasteiger partial charge in [-0.05, 0) is 60.4 Å². The Morgan fingerprint density at radius 2 is 1.78 bits per heavy atom. The van der Waals surface area contributed by atoms with Crippen LogP contribution in [0.2, 0.25) is 0 Å². The second kappa shape index (κ2) is 9.41. The summed E-state index contributed by atoms with van der Waals surface area (Å²) < 4.78 is 11.7. The zero-order chi connectivity index (χ0) is 20.0. The molecule has 6 nitrogen and oxygen atoms in total. The molecule has 144 valence electrons. The summed E-state index contributed by atoms with van der Waals surface area (Å²) in [6.45, 7) is 5.86. The van der Waals surface area contributed by atoms with Gasteiger partial charge in [0.25, 0.3) is 11.8 Å². The van der Waals surface area contributed by atoms with Crippen LogP contribution in [0.4, 0.5) is 0 Å². The van der Waals surface area contributed by atoms with E-state index in [1.54, 1.807) is 31.4 Å². The van der Waals surface area contributed by atoms with Crippen LogP contribution >= 0.6 is 15.9 Å². The Bertz CT molecular complexity index is 819. The molecule has 2 aromatic carbocycles. The number of hydrogen-bond donors (Lipinski definition) is 2. The fourth-order valence-corrected chi connectivity index (χ4v) is 2.73. The third-order valence-corrected chi connectivity index (χ3v) is 4.79. The number of nitrogens with one attached hydrogen (secondary N) is 2.